The summed E-state index contributed by atoms with van der Waals surface area (Å²) in [6.07, 6.45) is 2.68. The highest BCUT2D eigenvalue weighted by atomic mass is 35.5. The van der Waals surface area contributed by atoms with Crippen LogP contribution >= 0.6 is 11.6 Å². The van der Waals surface area contributed by atoms with Crippen LogP contribution in [0.15, 0.2) is 24.4 Å². The van der Waals surface area contributed by atoms with Crippen molar-refractivity contribution in [3.8, 4) is 5.69 Å². The molecule has 1 heterocycles. The van der Waals surface area contributed by atoms with E-state index in [1.807, 2.05) is 6.07 Å². The molecular formula is C14H17ClFN3. The van der Waals surface area contributed by atoms with Gasteiger partial charge in [-0.25, -0.2) is 9.07 Å². The highest BCUT2D eigenvalue weighted by Gasteiger charge is 2.13. The van der Waals surface area contributed by atoms with E-state index in [1.165, 1.54) is 10.7 Å². The zero-order valence-electron chi connectivity index (χ0n) is 11.1. The van der Waals surface area contributed by atoms with E-state index in [4.69, 9.17) is 11.6 Å². The zero-order valence-corrected chi connectivity index (χ0v) is 11.8. The van der Waals surface area contributed by atoms with Gasteiger partial charge in [-0.2, -0.15) is 5.10 Å². The van der Waals surface area contributed by atoms with Crippen molar-refractivity contribution in [2.75, 3.05) is 6.54 Å². The predicted octanol–water partition coefficient (Wildman–Crippen LogP) is 3.47. The Bertz CT molecular complexity index is 546. The van der Waals surface area contributed by atoms with Crippen LogP contribution in [-0.2, 0) is 6.54 Å². The Hall–Kier alpha value is -1.39. The monoisotopic (exact) mass is 281 g/mol. The van der Waals surface area contributed by atoms with Crippen molar-refractivity contribution in [3.05, 3.63) is 46.5 Å². The van der Waals surface area contributed by atoms with Gasteiger partial charge in [0.15, 0.2) is 0 Å². The Labute approximate surface area is 117 Å². The molecule has 1 aromatic carbocycles. The highest BCUT2D eigenvalue weighted by Crippen LogP contribution is 2.22. The molecule has 0 spiro atoms. The van der Waals surface area contributed by atoms with Crippen LogP contribution in [-0.4, -0.2) is 16.3 Å². The fraction of sp³-hybridized carbons (Fsp3) is 0.357. The summed E-state index contributed by atoms with van der Waals surface area (Å²) in [5.41, 5.74) is 2.02. The van der Waals surface area contributed by atoms with Crippen LogP contribution in [0.25, 0.3) is 5.69 Å². The summed E-state index contributed by atoms with van der Waals surface area (Å²) in [5, 5.41) is 8.05. The van der Waals surface area contributed by atoms with Gasteiger partial charge in [0, 0.05) is 12.7 Å². The summed E-state index contributed by atoms with van der Waals surface area (Å²) in [5.74, 6) is -0.296. The number of para-hydroxylation sites is 1. The average Bonchev–Trinajstić information content (AvgIpc) is 2.69. The molecule has 0 saturated heterocycles. The fourth-order valence-corrected chi connectivity index (χ4v) is 2.04. The van der Waals surface area contributed by atoms with Gasteiger partial charge in [0.05, 0.1) is 10.7 Å². The minimum absolute atomic E-state index is 0.296. The van der Waals surface area contributed by atoms with Crippen molar-refractivity contribution >= 4 is 11.6 Å². The normalized spacial score (nSPS) is 10.9. The van der Waals surface area contributed by atoms with E-state index < -0.39 is 0 Å². The number of halogens is 2. The first-order valence-electron chi connectivity index (χ1n) is 6.33. The quantitative estimate of drug-likeness (QED) is 0.851. The highest BCUT2D eigenvalue weighted by molar-refractivity contribution is 6.31. The lowest BCUT2D eigenvalue weighted by atomic mass is 10.1. The topological polar surface area (TPSA) is 29.9 Å². The second-order valence-electron chi connectivity index (χ2n) is 4.43. The van der Waals surface area contributed by atoms with E-state index in [0.29, 0.717) is 22.9 Å². The molecule has 0 atom stereocenters. The molecule has 0 aliphatic rings. The maximum atomic E-state index is 14.1. The number of hydrogen-bond acceptors (Lipinski definition) is 2. The van der Waals surface area contributed by atoms with Crippen LogP contribution in [0, 0.1) is 12.7 Å². The van der Waals surface area contributed by atoms with Crippen molar-refractivity contribution in [1.29, 1.82) is 0 Å². The van der Waals surface area contributed by atoms with Crippen LogP contribution in [0.3, 0.4) is 0 Å². The molecule has 0 bridgehead atoms. The Balaban J connectivity index is 2.37. The van der Waals surface area contributed by atoms with Gasteiger partial charge in [-0.05, 0) is 31.5 Å². The smallest absolute Gasteiger partial charge is 0.149 e. The van der Waals surface area contributed by atoms with Crippen molar-refractivity contribution in [2.24, 2.45) is 0 Å². The van der Waals surface area contributed by atoms with Crippen LogP contribution < -0.4 is 5.32 Å². The van der Waals surface area contributed by atoms with Gasteiger partial charge in [-0.3, -0.25) is 0 Å². The Morgan fingerprint density at radius 2 is 2.21 bits per heavy atom. The van der Waals surface area contributed by atoms with Gasteiger partial charge < -0.3 is 5.32 Å². The van der Waals surface area contributed by atoms with Crippen LogP contribution in [0.2, 0.25) is 5.02 Å². The maximum absolute atomic E-state index is 14.1. The van der Waals surface area contributed by atoms with E-state index in [1.54, 1.807) is 19.2 Å². The molecule has 0 aliphatic heterocycles. The number of rotatable bonds is 5. The molecule has 102 valence electrons. The minimum Gasteiger partial charge on any atom is -0.313 e. The SMILES string of the molecule is CCCNCc1cccc(F)c1-n1cc(Cl)c(C)n1. The number of hydrogen-bond donors (Lipinski definition) is 1. The molecule has 2 rings (SSSR count). The lowest BCUT2D eigenvalue weighted by Gasteiger charge is -2.11. The first-order valence-corrected chi connectivity index (χ1v) is 6.71. The maximum Gasteiger partial charge on any atom is 0.149 e. The minimum atomic E-state index is -0.296. The van der Waals surface area contributed by atoms with Gasteiger partial charge in [-0.1, -0.05) is 30.7 Å². The molecule has 0 radical (unpaired) electrons. The van der Waals surface area contributed by atoms with Crippen LogP contribution in [0.5, 0.6) is 0 Å². The number of aryl methyl sites for hydroxylation is 1. The fourth-order valence-electron chi connectivity index (χ4n) is 1.91. The number of aromatic nitrogens is 2. The third-order valence-electron chi connectivity index (χ3n) is 2.88. The lowest BCUT2D eigenvalue weighted by molar-refractivity contribution is 0.599. The molecule has 0 aliphatic carbocycles. The first-order chi connectivity index (χ1) is 9.13. The summed E-state index contributed by atoms with van der Waals surface area (Å²) < 4.78 is 15.6. The summed E-state index contributed by atoms with van der Waals surface area (Å²) in [4.78, 5) is 0. The molecular weight excluding hydrogens is 265 g/mol. The van der Waals surface area contributed by atoms with E-state index in [2.05, 4.69) is 17.3 Å². The molecule has 1 aromatic heterocycles. The second kappa shape index (κ2) is 6.17. The number of nitrogens with one attached hydrogen (secondary N) is 1. The van der Waals surface area contributed by atoms with E-state index >= 15 is 0 Å². The third kappa shape index (κ3) is 3.14. The van der Waals surface area contributed by atoms with Gasteiger partial charge in [0.2, 0.25) is 0 Å². The molecule has 5 heteroatoms. The molecule has 1 N–H and O–H groups in total. The molecule has 3 nitrogen and oxygen atoms in total. The van der Waals surface area contributed by atoms with E-state index in [9.17, 15) is 4.39 Å². The Kier molecular flexibility index (Phi) is 4.56. The summed E-state index contributed by atoms with van der Waals surface area (Å²) in [7, 11) is 0. The number of nitrogens with zero attached hydrogens (tertiary/aromatic N) is 2. The molecule has 19 heavy (non-hydrogen) atoms. The van der Waals surface area contributed by atoms with Crippen LogP contribution in [0.4, 0.5) is 4.39 Å². The van der Waals surface area contributed by atoms with Gasteiger partial charge >= 0.3 is 0 Å². The van der Waals surface area contributed by atoms with Crippen molar-refractivity contribution < 1.29 is 4.39 Å². The molecule has 0 saturated carbocycles. The number of benzene rings is 1. The molecule has 0 unspecified atom stereocenters. The van der Waals surface area contributed by atoms with Gasteiger partial charge in [0.1, 0.15) is 11.5 Å². The first kappa shape index (κ1) is 14.0. The van der Waals surface area contributed by atoms with Crippen molar-refractivity contribution in [1.82, 2.24) is 15.1 Å². The van der Waals surface area contributed by atoms with Crippen LogP contribution in [0.1, 0.15) is 24.6 Å². The lowest BCUT2D eigenvalue weighted by Crippen LogP contribution is -2.16. The van der Waals surface area contributed by atoms with E-state index in [-0.39, 0.29) is 5.82 Å². The zero-order chi connectivity index (χ0) is 13.8. The predicted molar refractivity (Wildman–Crippen MR) is 75.3 cm³/mol. The average molecular weight is 282 g/mol. The Morgan fingerprint density at radius 3 is 2.84 bits per heavy atom. The van der Waals surface area contributed by atoms with E-state index in [0.717, 1.165) is 18.5 Å². The standard InChI is InChI=1S/C14H17ClFN3/c1-3-7-17-8-11-5-4-6-13(16)14(11)19-9-12(15)10(2)18-19/h4-6,9,17H,3,7-8H2,1-2H3. The molecule has 0 fully saturated rings. The van der Waals surface area contributed by atoms with Crippen molar-refractivity contribution in [3.63, 3.8) is 0 Å². The van der Waals surface area contributed by atoms with Gasteiger partial charge in [0.25, 0.3) is 0 Å². The largest absolute Gasteiger partial charge is 0.313 e. The second-order valence-corrected chi connectivity index (χ2v) is 4.84. The molecule has 0 amide bonds. The Morgan fingerprint density at radius 1 is 1.42 bits per heavy atom. The van der Waals surface area contributed by atoms with Gasteiger partial charge in [-0.15, -0.1) is 0 Å². The summed E-state index contributed by atoms with van der Waals surface area (Å²) >= 11 is 5.99. The third-order valence-corrected chi connectivity index (χ3v) is 3.25. The summed E-state index contributed by atoms with van der Waals surface area (Å²) in [6.45, 7) is 5.40. The van der Waals surface area contributed by atoms with Crippen molar-refractivity contribution in [2.45, 2.75) is 26.8 Å². The summed E-state index contributed by atoms with van der Waals surface area (Å²) in [6, 6.07) is 5.04. The molecule has 2 aromatic rings.